The lowest BCUT2D eigenvalue weighted by atomic mass is 9.81. The number of alkyl carbamates (subject to hydrolysis) is 1. The molecule has 1 aliphatic carbocycles. The van der Waals surface area contributed by atoms with Crippen LogP contribution in [0.3, 0.4) is 0 Å². The molecule has 12 nitrogen and oxygen atoms in total. The van der Waals surface area contributed by atoms with E-state index in [0.29, 0.717) is 32.2 Å². The molecule has 3 amide bonds. The molecule has 0 saturated heterocycles. The van der Waals surface area contributed by atoms with Crippen LogP contribution in [-0.2, 0) is 31.5 Å². The van der Waals surface area contributed by atoms with Crippen molar-refractivity contribution in [3.05, 3.63) is 64.4 Å². The zero-order chi connectivity index (χ0) is 36.9. The van der Waals surface area contributed by atoms with Crippen LogP contribution in [-0.4, -0.2) is 68.3 Å². The number of amides is 3. The van der Waals surface area contributed by atoms with Gasteiger partial charge in [-0.25, -0.2) is 14.6 Å². The smallest absolute Gasteiger partial charge is 0.411 e. The van der Waals surface area contributed by atoms with Gasteiger partial charge in [0.1, 0.15) is 11.6 Å². The number of hydrogen-bond donors (Lipinski definition) is 5. The second-order valence-electron chi connectivity index (χ2n) is 13.0. The number of aromatic amines is 1. The third-order valence-electron chi connectivity index (χ3n) is 7.99. The molecule has 3 aromatic rings. The summed E-state index contributed by atoms with van der Waals surface area (Å²) in [6.45, 7) is 5.77. The Labute approximate surface area is 293 Å². The van der Waals surface area contributed by atoms with Crippen LogP contribution in [0.4, 0.5) is 28.0 Å². The first-order valence-corrected chi connectivity index (χ1v) is 16.5. The highest BCUT2D eigenvalue weighted by Crippen LogP contribution is 2.42. The number of hydrogen-bond acceptors (Lipinski definition) is 7. The summed E-state index contributed by atoms with van der Waals surface area (Å²) in [5, 5.41) is 22.1. The van der Waals surface area contributed by atoms with Crippen molar-refractivity contribution < 1.29 is 46.6 Å². The number of carbonyl (C=O) groups excluding carboxylic acids is 3. The fourth-order valence-electron chi connectivity index (χ4n) is 5.27. The molecule has 270 valence electrons. The van der Waals surface area contributed by atoms with Crippen molar-refractivity contribution in [3.63, 3.8) is 0 Å². The van der Waals surface area contributed by atoms with Crippen molar-refractivity contribution in [1.82, 2.24) is 25.8 Å². The highest BCUT2D eigenvalue weighted by molar-refractivity contribution is 9.10. The van der Waals surface area contributed by atoms with Crippen LogP contribution >= 0.6 is 15.9 Å². The van der Waals surface area contributed by atoms with E-state index in [1.807, 2.05) is 24.3 Å². The third-order valence-corrected chi connectivity index (χ3v) is 8.52. The second-order valence-corrected chi connectivity index (χ2v) is 13.9. The van der Waals surface area contributed by atoms with E-state index in [0.717, 1.165) is 10.0 Å². The lowest BCUT2D eigenvalue weighted by Crippen LogP contribution is -2.48. The number of carboxylic acids is 1. The van der Waals surface area contributed by atoms with Gasteiger partial charge in [-0.3, -0.25) is 14.7 Å². The molecule has 0 spiro atoms. The molecule has 1 aromatic heterocycles. The van der Waals surface area contributed by atoms with Crippen LogP contribution in [0.5, 0.6) is 0 Å². The highest BCUT2D eigenvalue weighted by atomic mass is 79.9. The predicted molar refractivity (Wildman–Crippen MR) is 176 cm³/mol. The Kier molecular flexibility index (Phi) is 11.9. The van der Waals surface area contributed by atoms with E-state index in [-0.39, 0.29) is 35.4 Å². The van der Waals surface area contributed by atoms with E-state index in [9.17, 15) is 36.7 Å². The van der Waals surface area contributed by atoms with Crippen LogP contribution in [0.2, 0.25) is 0 Å². The molecule has 0 unspecified atom stereocenters. The van der Waals surface area contributed by atoms with Gasteiger partial charge in [-0.05, 0) is 94.3 Å². The van der Waals surface area contributed by atoms with E-state index in [1.165, 1.54) is 24.3 Å². The maximum Gasteiger partial charge on any atom is 0.411 e. The average Bonchev–Trinajstić information content (AvgIpc) is 3.55. The molecule has 1 heterocycles. The molecular formula is C33H37BrF4N6O6. The van der Waals surface area contributed by atoms with Crippen LogP contribution < -0.4 is 16.0 Å². The minimum absolute atomic E-state index is 0.108. The van der Waals surface area contributed by atoms with Crippen molar-refractivity contribution >= 4 is 45.5 Å². The molecule has 4 rings (SSSR count). The van der Waals surface area contributed by atoms with Gasteiger partial charge in [0.15, 0.2) is 5.82 Å². The minimum atomic E-state index is -5.43. The molecule has 1 saturated carbocycles. The summed E-state index contributed by atoms with van der Waals surface area (Å²) in [6.07, 6.45) is 2.23. The van der Waals surface area contributed by atoms with Gasteiger partial charge in [-0.15, -0.1) is 0 Å². The van der Waals surface area contributed by atoms with E-state index in [4.69, 9.17) is 9.84 Å². The first-order chi connectivity index (χ1) is 23.4. The zero-order valence-corrected chi connectivity index (χ0v) is 29.0. The van der Waals surface area contributed by atoms with Gasteiger partial charge < -0.3 is 25.8 Å². The minimum Gasteiger partial charge on any atom is -0.477 e. The Morgan fingerprint density at radius 2 is 1.60 bits per heavy atom. The summed E-state index contributed by atoms with van der Waals surface area (Å²) < 4.78 is 61.6. The van der Waals surface area contributed by atoms with E-state index in [1.54, 1.807) is 25.9 Å². The van der Waals surface area contributed by atoms with Gasteiger partial charge in [0, 0.05) is 34.6 Å². The Morgan fingerprint density at radius 1 is 0.980 bits per heavy atom. The van der Waals surface area contributed by atoms with Gasteiger partial charge in [-0.2, -0.15) is 22.7 Å². The quantitative estimate of drug-likeness (QED) is 0.139. The van der Waals surface area contributed by atoms with Crippen LogP contribution in [0.25, 0.3) is 11.4 Å². The van der Waals surface area contributed by atoms with Crippen molar-refractivity contribution in [2.24, 2.45) is 11.8 Å². The molecule has 0 aliphatic heterocycles. The fraction of sp³-hybridized carbons (Fsp3) is 0.455. The Morgan fingerprint density at radius 3 is 2.18 bits per heavy atom. The van der Waals surface area contributed by atoms with Gasteiger partial charge in [0.05, 0.1) is 0 Å². The lowest BCUT2D eigenvalue weighted by Gasteiger charge is -2.29. The topological polar surface area (TPSA) is 175 Å². The molecule has 5 N–H and O–H groups in total. The fourth-order valence-corrected chi connectivity index (χ4v) is 5.54. The largest absolute Gasteiger partial charge is 0.477 e. The maximum atomic E-state index is 14.1. The summed E-state index contributed by atoms with van der Waals surface area (Å²) in [5.74, 6) is -16.6. The summed E-state index contributed by atoms with van der Waals surface area (Å²) in [5.41, 5.74) is 0.553. The first-order valence-electron chi connectivity index (χ1n) is 15.7. The van der Waals surface area contributed by atoms with Gasteiger partial charge in [0.2, 0.25) is 17.6 Å². The monoisotopic (exact) mass is 768 g/mol. The highest BCUT2D eigenvalue weighted by Gasteiger charge is 2.65. The van der Waals surface area contributed by atoms with Gasteiger partial charge >= 0.3 is 23.9 Å². The van der Waals surface area contributed by atoms with Crippen LogP contribution in [0.15, 0.2) is 53.0 Å². The normalized spacial score (nSPS) is 17.4. The number of nitrogens with one attached hydrogen (secondary N) is 4. The number of nitrogens with zero attached hydrogens (tertiary/aromatic N) is 2. The molecule has 1 fully saturated rings. The summed E-state index contributed by atoms with van der Waals surface area (Å²) >= 11 is 3.38. The van der Waals surface area contributed by atoms with E-state index in [2.05, 4.69) is 42.0 Å². The molecule has 0 radical (unpaired) electrons. The summed E-state index contributed by atoms with van der Waals surface area (Å²) in [7, 11) is 0. The third kappa shape index (κ3) is 9.79. The van der Waals surface area contributed by atoms with E-state index >= 15 is 0 Å². The zero-order valence-electron chi connectivity index (χ0n) is 27.4. The Balaban J connectivity index is 1.39. The number of ether oxygens (including phenoxy) is 1. The standard InChI is InChI=1S/C33H37BrF4N6O6/c1-31(2,3)50-30(49)39-17-19-4-8-21(9-5-19)26(45)41-24(16-18-6-12-22(34)13-7-18)27(46)40-23-14-10-20(11-15-23)25-42-28(44-43-25)32(35,36)33(37,38)29(47)48/h6-7,10-15,19,21,24H,4-5,8-9,16-17H2,1-3H3,(H,39,49)(H,40,46)(H,41,45)(H,47,48)(H,42,43,44)/t19?,21?,24-/m0/s1. The maximum absolute atomic E-state index is 14.1. The molecule has 1 aliphatic rings. The molecule has 0 bridgehead atoms. The number of aliphatic carboxylic acids is 1. The molecular weight excluding hydrogens is 732 g/mol. The number of anilines is 1. The van der Waals surface area contributed by atoms with E-state index < -0.39 is 53.1 Å². The number of halogens is 5. The number of carboxylic acid groups (broad SMARTS) is 1. The Hall–Kier alpha value is -4.54. The predicted octanol–water partition coefficient (Wildman–Crippen LogP) is 6.04. The molecule has 50 heavy (non-hydrogen) atoms. The van der Waals surface area contributed by atoms with Gasteiger partial charge in [0.25, 0.3) is 0 Å². The number of carbonyl (C=O) groups is 4. The molecule has 1 atom stereocenters. The summed E-state index contributed by atoms with van der Waals surface area (Å²) in [4.78, 5) is 52.9. The first kappa shape index (κ1) is 38.3. The van der Waals surface area contributed by atoms with Crippen LogP contribution in [0, 0.1) is 11.8 Å². The van der Waals surface area contributed by atoms with Crippen LogP contribution in [0.1, 0.15) is 57.8 Å². The van der Waals surface area contributed by atoms with Crippen molar-refractivity contribution in [2.45, 2.75) is 76.4 Å². The lowest BCUT2D eigenvalue weighted by molar-refractivity contribution is -0.231. The summed E-state index contributed by atoms with van der Waals surface area (Å²) in [6, 6.07) is 11.8. The van der Waals surface area contributed by atoms with Crippen molar-refractivity contribution in [3.8, 4) is 11.4 Å². The molecule has 17 heteroatoms. The number of rotatable bonds is 12. The van der Waals surface area contributed by atoms with Crippen molar-refractivity contribution in [2.75, 3.05) is 11.9 Å². The van der Waals surface area contributed by atoms with Crippen molar-refractivity contribution in [1.29, 1.82) is 0 Å². The SMILES string of the molecule is CC(C)(C)OC(=O)NCC1CCC(C(=O)N[C@@H](Cc2ccc(Br)cc2)C(=O)Nc2ccc(-c3n[nH]c(C(F)(F)C(F)(F)C(=O)O)n3)cc2)CC1. The number of benzene rings is 2. The number of aromatic nitrogens is 3. The average molecular weight is 770 g/mol. The second kappa shape index (κ2) is 15.6. The number of alkyl halides is 4. The Bertz CT molecular complexity index is 1670. The van der Waals surface area contributed by atoms with Gasteiger partial charge in [-0.1, -0.05) is 28.1 Å². The number of H-pyrrole nitrogens is 1. The molecule has 2 aromatic carbocycles.